The molecule has 0 radical (unpaired) electrons. The zero-order valence-corrected chi connectivity index (χ0v) is 19.0. The fraction of sp³-hybridized carbons (Fsp3) is 0.727. The molecular weight excluding hydrogens is 430 g/mol. The molecule has 11 heteroatoms. The van der Waals surface area contributed by atoms with E-state index in [0.29, 0.717) is 18.8 Å². The molecule has 0 amide bonds. The van der Waals surface area contributed by atoms with Gasteiger partial charge in [0.25, 0.3) is 5.69 Å². The van der Waals surface area contributed by atoms with E-state index >= 15 is 0 Å². The second kappa shape index (κ2) is 12.4. The van der Waals surface area contributed by atoms with Crippen LogP contribution in [0.5, 0.6) is 0 Å². The summed E-state index contributed by atoms with van der Waals surface area (Å²) in [5, 5.41) is 57.2. The summed E-state index contributed by atoms with van der Waals surface area (Å²) in [7, 11) is 0. The van der Waals surface area contributed by atoms with Gasteiger partial charge in [-0.2, -0.15) is 0 Å². The van der Waals surface area contributed by atoms with Crippen LogP contribution in [0.4, 0.5) is 17.1 Å². The second-order valence-electron chi connectivity index (χ2n) is 8.83. The van der Waals surface area contributed by atoms with Crippen LogP contribution in [0.2, 0.25) is 0 Å². The number of likely N-dealkylation sites (tertiary alicyclic amines) is 1. The number of piperidine rings is 1. The number of nitro groups is 1. The van der Waals surface area contributed by atoms with Crippen LogP contribution in [-0.2, 0) is 0 Å². The van der Waals surface area contributed by atoms with Gasteiger partial charge in [0.1, 0.15) is 17.9 Å². The molecule has 1 aromatic rings. The van der Waals surface area contributed by atoms with E-state index in [1.165, 1.54) is 0 Å². The molecule has 0 saturated carbocycles. The number of nitro benzene ring substituents is 1. The van der Waals surface area contributed by atoms with E-state index in [4.69, 9.17) is 0 Å². The molecule has 11 nitrogen and oxygen atoms in total. The number of benzene rings is 1. The highest BCUT2D eigenvalue weighted by atomic mass is 16.6. The Bertz CT molecular complexity index is 763. The first-order valence-electron chi connectivity index (χ1n) is 11.8. The summed E-state index contributed by atoms with van der Waals surface area (Å²) in [5.74, 6) is 0. The molecule has 2 heterocycles. The van der Waals surface area contributed by atoms with Crippen molar-refractivity contribution in [3.63, 3.8) is 0 Å². The highest BCUT2D eigenvalue weighted by Gasteiger charge is 2.40. The van der Waals surface area contributed by atoms with Crippen molar-refractivity contribution in [2.45, 2.75) is 50.0 Å². The van der Waals surface area contributed by atoms with Crippen LogP contribution >= 0.6 is 0 Å². The summed E-state index contributed by atoms with van der Waals surface area (Å²) < 4.78 is 0. The first kappa shape index (κ1) is 25.6. The quantitative estimate of drug-likeness (QED) is 0.146. The Morgan fingerprint density at radius 3 is 2.52 bits per heavy atom. The summed E-state index contributed by atoms with van der Waals surface area (Å²) in [4.78, 5) is 15.2. The highest BCUT2D eigenvalue weighted by Crippen LogP contribution is 2.30. The van der Waals surface area contributed by atoms with Gasteiger partial charge in [-0.25, -0.2) is 0 Å². The lowest BCUT2D eigenvalue weighted by atomic mass is 9.94. The van der Waals surface area contributed by atoms with E-state index < -0.39 is 24.4 Å². The lowest BCUT2D eigenvalue weighted by molar-refractivity contribution is -0.383. The number of aliphatic hydroxyl groups is 4. The molecule has 0 bridgehead atoms. The van der Waals surface area contributed by atoms with Gasteiger partial charge in [-0.1, -0.05) is 12.8 Å². The molecule has 6 N–H and O–H groups in total. The third-order valence-electron chi connectivity index (χ3n) is 6.56. The van der Waals surface area contributed by atoms with E-state index in [-0.39, 0.29) is 23.8 Å². The van der Waals surface area contributed by atoms with Crippen molar-refractivity contribution < 1.29 is 25.3 Å². The summed E-state index contributed by atoms with van der Waals surface area (Å²) in [6.07, 6.45) is 0.0763. The van der Waals surface area contributed by atoms with Gasteiger partial charge >= 0.3 is 0 Å². The average Bonchev–Trinajstić information content (AvgIpc) is 2.82. The molecule has 0 aromatic heterocycles. The maximum Gasteiger partial charge on any atom is 0.294 e. The molecule has 3 rings (SSSR count). The molecule has 2 aliphatic heterocycles. The molecule has 0 unspecified atom stereocenters. The smallest absolute Gasteiger partial charge is 0.294 e. The van der Waals surface area contributed by atoms with E-state index in [1.807, 2.05) is 11.0 Å². The minimum atomic E-state index is -1.24. The van der Waals surface area contributed by atoms with Gasteiger partial charge in [-0.3, -0.25) is 15.0 Å². The van der Waals surface area contributed by atoms with Crippen molar-refractivity contribution in [2.24, 2.45) is 0 Å². The third-order valence-corrected chi connectivity index (χ3v) is 6.56. The predicted molar refractivity (Wildman–Crippen MR) is 126 cm³/mol. The zero-order chi connectivity index (χ0) is 23.8. The lowest BCUT2D eigenvalue weighted by Crippen LogP contribution is -2.62. The molecule has 0 aliphatic carbocycles. The van der Waals surface area contributed by atoms with Crippen molar-refractivity contribution in [1.29, 1.82) is 0 Å². The van der Waals surface area contributed by atoms with Gasteiger partial charge in [0, 0.05) is 51.0 Å². The maximum absolute atomic E-state index is 11.6. The number of unbranched alkanes of at least 4 members (excludes halogenated alkanes) is 3. The van der Waals surface area contributed by atoms with E-state index in [2.05, 4.69) is 15.5 Å². The summed E-state index contributed by atoms with van der Waals surface area (Å²) in [6.45, 7) is 4.58. The normalized spacial score (nSPS) is 26.4. The van der Waals surface area contributed by atoms with Crippen molar-refractivity contribution >= 4 is 17.1 Å². The number of rotatable bonds is 11. The Morgan fingerprint density at radius 1 is 1.09 bits per heavy atom. The van der Waals surface area contributed by atoms with Crippen LogP contribution in [0.1, 0.15) is 25.7 Å². The van der Waals surface area contributed by atoms with Crippen LogP contribution in [-0.4, -0.2) is 107 Å². The van der Waals surface area contributed by atoms with Gasteiger partial charge < -0.3 is 36.0 Å². The van der Waals surface area contributed by atoms with Gasteiger partial charge in [-0.05, 0) is 31.5 Å². The molecule has 2 saturated heterocycles. The number of hydrogen-bond donors (Lipinski definition) is 6. The third kappa shape index (κ3) is 6.75. The number of nitrogens with zero attached hydrogens (tertiary/aromatic N) is 3. The molecule has 2 fully saturated rings. The average molecular weight is 468 g/mol. The molecule has 33 heavy (non-hydrogen) atoms. The Hall–Kier alpha value is -2.02. The molecule has 4 atom stereocenters. The van der Waals surface area contributed by atoms with E-state index in [1.54, 1.807) is 12.1 Å². The van der Waals surface area contributed by atoms with Gasteiger partial charge in [0.2, 0.25) is 0 Å². The minimum Gasteiger partial charge on any atom is -0.395 e. The number of aliphatic hydroxyl groups excluding tert-OH is 4. The summed E-state index contributed by atoms with van der Waals surface area (Å²) in [6, 6.07) is 4.78. The SMILES string of the molecule is O=[N+]([O-])c1cc(N2CCNCC2)ccc1NCCCCCCN1C[C@H](O)[C@@H](O)[C@H](O)[C@H]1CO. The number of β-amino-alcohol motifs (C(OH)–C–C–N with tert-alkyl or cyclic N) is 1. The van der Waals surface area contributed by atoms with Gasteiger partial charge in [-0.15, -0.1) is 0 Å². The van der Waals surface area contributed by atoms with Crippen LogP contribution in [0.25, 0.3) is 0 Å². The highest BCUT2D eigenvalue weighted by molar-refractivity contribution is 5.68. The topological polar surface area (TPSA) is 155 Å². The Balaban J connectivity index is 1.39. The summed E-state index contributed by atoms with van der Waals surface area (Å²) >= 11 is 0. The lowest BCUT2D eigenvalue weighted by Gasteiger charge is -2.43. The second-order valence-corrected chi connectivity index (χ2v) is 8.83. The van der Waals surface area contributed by atoms with Crippen LogP contribution in [0, 0.1) is 10.1 Å². The number of hydrogen-bond acceptors (Lipinski definition) is 10. The standard InChI is InChI=1S/C22H37N5O6/c28-15-19-21(30)22(31)20(29)14-26(19)10-4-2-1-3-7-24-17-6-5-16(13-18(17)27(32)33)25-11-8-23-9-12-25/h5-6,13,19-24,28-31H,1-4,7-12,14-15H2/t19-,20+,21-,22-/m1/s1. The van der Waals surface area contributed by atoms with Crippen LogP contribution < -0.4 is 15.5 Å². The van der Waals surface area contributed by atoms with Crippen LogP contribution in [0.3, 0.4) is 0 Å². The molecule has 186 valence electrons. The molecule has 1 aromatic carbocycles. The number of anilines is 2. The fourth-order valence-electron chi connectivity index (χ4n) is 4.59. The van der Waals surface area contributed by atoms with Crippen molar-refractivity contribution in [3.05, 3.63) is 28.3 Å². The Labute approximate surface area is 194 Å². The minimum absolute atomic E-state index is 0.0884. The van der Waals surface area contributed by atoms with E-state index in [9.17, 15) is 30.5 Å². The van der Waals surface area contributed by atoms with E-state index in [0.717, 1.165) is 57.5 Å². The molecule has 2 aliphatic rings. The number of nitrogens with one attached hydrogen (secondary N) is 2. The fourth-order valence-corrected chi connectivity index (χ4v) is 4.59. The van der Waals surface area contributed by atoms with Crippen molar-refractivity contribution in [3.8, 4) is 0 Å². The molecular formula is C22H37N5O6. The Kier molecular flexibility index (Phi) is 9.65. The first-order valence-corrected chi connectivity index (χ1v) is 11.8. The summed E-state index contributed by atoms with van der Waals surface area (Å²) in [5.41, 5.74) is 1.49. The Morgan fingerprint density at radius 2 is 1.82 bits per heavy atom. The monoisotopic (exact) mass is 467 g/mol. The first-order chi connectivity index (χ1) is 15.9. The largest absolute Gasteiger partial charge is 0.395 e. The van der Waals surface area contributed by atoms with Gasteiger partial charge in [0.15, 0.2) is 0 Å². The number of piperazine rings is 1. The van der Waals surface area contributed by atoms with Crippen molar-refractivity contribution in [1.82, 2.24) is 10.2 Å². The predicted octanol–water partition coefficient (Wildman–Crippen LogP) is -0.264. The van der Waals surface area contributed by atoms with Crippen LogP contribution in [0.15, 0.2) is 18.2 Å². The maximum atomic E-state index is 11.6. The van der Waals surface area contributed by atoms with Gasteiger partial charge in [0.05, 0.1) is 23.7 Å². The van der Waals surface area contributed by atoms with Crippen molar-refractivity contribution in [2.75, 3.05) is 62.6 Å². The molecule has 0 spiro atoms. The zero-order valence-electron chi connectivity index (χ0n) is 19.0.